The first-order valence-electron chi connectivity index (χ1n) is 10.00. The van der Waals surface area contributed by atoms with E-state index in [-0.39, 0.29) is 0 Å². The number of hydrogen-bond acceptors (Lipinski definition) is 1. The molecular formula is C20H35N. The lowest BCUT2D eigenvalue weighted by Crippen LogP contribution is -2.50. The van der Waals surface area contributed by atoms with Gasteiger partial charge in [-0.1, -0.05) is 26.2 Å². The summed E-state index contributed by atoms with van der Waals surface area (Å²) in [6.07, 6.45) is 18.6. The van der Waals surface area contributed by atoms with Crippen molar-refractivity contribution >= 4 is 0 Å². The molecule has 0 amide bonds. The molecule has 120 valence electrons. The second-order valence-electron chi connectivity index (χ2n) is 9.18. The van der Waals surface area contributed by atoms with Crippen LogP contribution in [0.5, 0.6) is 0 Å². The second kappa shape index (κ2) is 5.87. The Morgan fingerprint density at radius 2 is 1.48 bits per heavy atom. The molecule has 4 bridgehead atoms. The van der Waals surface area contributed by atoms with E-state index in [9.17, 15) is 0 Å². The average Bonchev–Trinajstić information content (AvgIpc) is 2.46. The molecule has 1 heteroatoms. The van der Waals surface area contributed by atoms with Crippen molar-refractivity contribution in [3.63, 3.8) is 0 Å². The first kappa shape index (κ1) is 14.5. The minimum absolute atomic E-state index is 0.763. The zero-order valence-electron chi connectivity index (χ0n) is 14.1. The van der Waals surface area contributed by atoms with Crippen LogP contribution in [0.25, 0.3) is 0 Å². The van der Waals surface area contributed by atoms with E-state index in [1.807, 2.05) is 0 Å². The summed E-state index contributed by atoms with van der Waals surface area (Å²) < 4.78 is 0. The van der Waals surface area contributed by atoms with Crippen molar-refractivity contribution < 1.29 is 0 Å². The highest BCUT2D eigenvalue weighted by Crippen LogP contribution is 2.62. The van der Waals surface area contributed by atoms with Gasteiger partial charge in [0.2, 0.25) is 0 Å². The van der Waals surface area contributed by atoms with E-state index >= 15 is 0 Å². The topological polar surface area (TPSA) is 12.0 Å². The Morgan fingerprint density at radius 3 is 2.00 bits per heavy atom. The fraction of sp³-hybridized carbons (Fsp3) is 1.00. The fourth-order valence-corrected chi connectivity index (χ4v) is 7.21. The Bertz CT molecular complexity index is 320. The van der Waals surface area contributed by atoms with Gasteiger partial charge in [-0.2, -0.15) is 0 Å². The molecule has 0 aliphatic heterocycles. The van der Waals surface area contributed by atoms with E-state index in [1.165, 1.54) is 45.1 Å². The summed E-state index contributed by atoms with van der Waals surface area (Å²) in [6, 6.07) is 0.839. The first-order chi connectivity index (χ1) is 10.3. The van der Waals surface area contributed by atoms with E-state index in [1.54, 1.807) is 38.5 Å². The van der Waals surface area contributed by atoms with Crippen LogP contribution >= 0.6 is 0 Å². The van der Waals surface area contributed by atoms with Gasteiger partial charge in [0.05, 0.1) is 0 Å². The summed E-state index contributed by atoms with van der Waals surface area (Å²) in [4.78, 5) is 0. The number of hydrogen-bond donors (Lipinski definition) is 1. The summed E-state index contributed by atoms with van der Waals surface area (Å²) in [6.45, 7) is 3.49. The van der Waals surface area contributed by atoms with Crippen molar-refractivity contribution in [2.24, 2.45) is 29.1 Å². The monoisotopic (exact) mass is 289 g/mol. The predicted octanol–water partition coefficient (Wildman–Crippen LogP) is 5.15. The lowest BCUT2D eigenvalue weighted by molar-refractivity contribution is -0.0657. The molecule has 5 fully saturated rings. The molecule has 0 spiro atoms. The van der Waals surface area contributed by atoms with E-state index < -0.39 is 0 Å². The molecule has 1 unspecified atom stereocenters. The maximum Gasteiger partial charge on any atom is 0.0100 e. The van der Waals surface area contributed by atoms with Crippen molar-refractivity contribution in [1.29, 1.82) is 0 Å². The zero-order valence-corrected chi connectivity index (χ0v) is 14.1. The van der Waals surface area contributed by atoms with Gasteiger partial charge in [0.25, 0.3) is 0 Å². The van der Waals surface area contributed by atoms with Crippen LogP contribution in [0.4, 0.5) is 0 Å². The molecule has 1 atom stereocenters. The molecular weight excluding hydrogens is 254 g/mol. The number of nitrogens with one attached hydrogen (secondary N) is 1. The van der Waals surface area contributed by atoms with Gasteiger partial charge in [0.15, 0.2) is 0 Å². The normalized spacial score (nSPS) is 44.1. The van der Waals surface area contributed by atoms with Gasteiger partial charge in [-0.3, -0.25) is 0 Å². The smallest absolute Gasteiger partial charge is 0.0100 e. The van der Waals surface area contributed by atoms with Gasteiger partial charge in [-0.25, -0.2) is 0 Å². The minimum Gasteiger partial charge on any atom is -0.314 e. The van der Waals surface area contributed by atoms with Crippen molar-refractivity contribution in [3.8, 4) is 0 Å². The molecule has 1 nitrogen and oxygen atoms in total. The zero-order chi connectivity index (χ0) is 14.3. The largest absolute Gasteiger partial charge is 0.314 e. The Hall–Kier alpha value is -0.0400. The molecule has 5 rings (SSSR count). The van der Waals surface area contributed by atoms with Crippen LogP contribution < -0.4 is 5.32 Å². The van der Waals surface area contributed by atoms with Crippen molar-refractivity contribution in [2.45, 2.75) is 90.0 Å². The van der Waals surface area contributed by atoms with Gasteiger partial charge < -0.3 is 5.32 Å². The Kier molecular flexibility index (Phi) is 4.07. The van der Waals surface area contributed by atoms with Crippen LogP contribution in [0.2, 0.25) is 0 Å². The maximum absolute atomic E-state index is 3.93. The minimum atomic E-state index is 0.763. The summed E-state index contributed by atoms with van der Waals surface area (Å²) in [5, 5.41) is 3.93. The number of rotatable bonds is 5. The fourth-order valence-electron chi connectivity index (χ4n) is 7.21. The summed E-state index contributed by atoms with van der Waals surface area (Å²) in [5.41, 5.74) is 0.763. The standard InChI is InChI=1S/C20H35N/c1-2-21-19(18-6-4-3-5-7-18)14-20-11-15-8-16(12-20)10-17(9-15)13-20/h15-19,21H,2-14H2,1H3. The Balaban J connectivity index is 1.46. The lowest BCUT2D eigenvalue weighted by Gasteiger charge is -2.58. The summed E-state index contributed by atoms with van der Waals surface area (Å²) >= 11 is 0. The van der Waals surface area contributed by atoms with Gasteiger partial charge >= 0.3 is 0 Å². The first-order valence-corrected chi connectivity index (χ1v) is 10.00. The van der Waals surface area contributed by atoms with Crippen molar-refractivity contribution in [1.82, 2.24) is 5.32 Å². The molecule has 0 heterocycles. The highest BCUT2D eigenvalue weighted by atomic mass is 14.9. The summed E-state index contributed by atoms with van der Waals surface area (Å²) in [5.74, 6) is 4.34. The highest BCUT2D eigenvalue weighted by Gasteiger charge is 2.51. The molecule has 0 aromatic heterocycles. The van der Waals surface area contributed by atoms with Crippen LogP contribution in [0.3, 0.4) is 0 Å². The van der Waals surface area contributed by atoms with Gasteiger partial charge in [-0.15, -0.1) is 0 Å². The van der Waals surface area contributed by atoms with Crippen LogP contribution in [-0.2, 0) is 0 Å². The lowest BCUT2D eigenvalue weighted by atomic mass is 9.48. The molecule has 0 aromatic carbocycles. The van der Waals surface area contributed by atoms with E-state index in [0.29, 0.717) is 0 Å². The Labute approximate surface area is 131 Å². The van der Waals surface area contributed by atoms with Gasteiger partial charge in [0, 0.05) is 6.04 Å². The second-order valence-corrected chi connectivity index (χ2v) is 9.18. The molecule has 1 N–H and O–H groups in total. The predicted molar refractivity (Wildman–Crippen MR) is 89.3 cm³/mol. The van der Waals surface area contributed by atoms with E-state index in [2.05, 4.69) is 12.2 Å². The quantitative estimate of drug-likeness (QED) is 0.738. The van der Waals surface area contributed by atoms with Crippen LogP contribution in [0.1, 0.15) is 84.0 Å². The third kappa shape index (κ3) is 2.92. The molecule has 5 aliphatic carbocycles. The summed E-state index contributed by atoms with van der Waals surface area (Å²) in [7, 11) is 0. The Morgan fingerprint density at radius 1 is 0.905 bits per heavy atom. The van der Waals surface area contributed by atoms with Crippen LogP contribution in [-0.4, -0.2) is 12.6 Å². The molecule has 0 saturated heterocycles. The third-order valence-electron chi connectivity index (χ3n) is 7.50. The molecule has 5 saturated carbocycles. The average molecular weight is 290 g/mol. The van der Waals surface area contributed by atoms with E-state index in [4.69, 9.17) is 0 Å². The third-order valence-corrected chi connectivity index (χ3v) is 7.50. The van der Waals surface area contributed by atoms with Crippen molar-refractivity contribution in [2.75, 3.05) is 6.54 Å². The molecule has 0 radical (unpaired) electrons. The SMILES string of the molecule is CCNC(CC12CC3CC(CC(C3)C1)C2)C1CCCCC1. The van der Waals surface area contributed by atoms with Crippen molar-refractivity contribution in [3.05, 3.63) is 0 Å². The highest BCUT2D eigenvalue weighted by molar-refractivity contribution is 5.03. The van der Waals surface area contributed by atoms with E-state index in [0.717, 1.165) is 35.1 Å². The maximum atomic E-state index is 3.93. The molecule has 5 aliphatic rings. The molecule has 21 heavy (non-hydrogen) atoms. The van der Waals surface area contributed by atoms with Crippen LogP contribution in [0.15, 0.2) is 0 Å². The van der Waals surface area contributed by atoms with Gasteiger partial charge in [-0.05, 0) is 93.4 Å². The molecule has 0 aromatic rings. The van der Waals surface area contributed by atoms with Crippen LogP contribution in [0, 0.1) is 29.1 Å². The van der Waals surface area contributed by atoms with Gasteiger partial charge in [0.1, 0.15) is 0 Å².